The molecule has 2 amide bonds. The molecule has 1 N–H and O–H groups in total. The molecule has 0 saturated carbocycles. The molecular formula is C17H18BrClN2O2S. The van der Waals surface area contributed by atoms with Crippen LogP contribution >= 0.6 is 38.9 Å². The average molecular weight is 430 g/mol. The Morgan fingerprint density at radius 1 is 1.46 bits per heavy atom. The average Bonchev–Trinajstić information content (AvgIpc) is 3.01. The fraction of sp³-hybridized carbons (Fsp3) is 0.353. The van der Waals surface area contributed by atoms with E-state index in [-0.39, 0.29) is 18.2 Å². The highest BCUT2D eigenvalue weighted by molar-refractivity contribution is 9.10. The number of nitrogens with zero attached hydrogens (tertiary/aromatic N) is 1. The van der Waals surface area contributed by atoms with Gasteiger partial charge in [0.25, 0.3) is 0 Å². The zero-order valence-electron chi connectivity index (χ0n) is 13.2. The molecule has 2 aromatic rings. The zero-order chi connectivity index (χ0) is 17.1. The van der Waals surface area contributed by atoms with Crippen LogP contribution in [0.5, 0.6) is 0 Å². The van der Waals surface area contributed by atoms with Gasteiger partial charge in [-0.2, -0.15) is 0 Å². The molecule has 1 aromatic heterocycles. The fourth-order valence-corrected chi connectivity index (χ4v) is 4.13. The minimum absolute atomic E-state index is 0.0674. The smallest absolute Gasteiger partial charge is 0.318 e. The first-order chi connectivity index (χ1) is 11.5. The van der Waals surface area contributed by atoms with E-state index < -0.39 is 0 Å². The number of carbonyl (C=O) groups is 1. The van der Waals surface area contributed by atoms with Crippen molar-refractivity contribution in [2.45, 2.75) is 19.1 Å². The van der Waals surface area contributed by atoms with E-state index in [2.05, 4.69) is 21.2 Å². The molecule has 1 aliphatic rings. The third-order valence-electron chi connectivity index (χ3n) is 3.93. The van der Waals surface area contributed by atoms with E-state index in [1.54, 1.807) is 4.90 Å². The van der Waals surface area contributed by atoms with Crippen molar-refractivity contribution in [3.05, 3.63) is 55.6 Å². The molecule has 0 aliphatic carbocycles. The summed E-state index contributed by atoms with van der Waals surface area (Å²) < 4.78 is 7.57. The number of halogens is 2. The highest BCUT2D eigenvalue weighted by Crippen LogP contribution is 2.28. The maximum absolute atomic E-state index is 12.6. The first-order valence-corrected chi connectivity index (χ1v) is 9.69. The third kappa shape index (κ3) is 4.30. The van der Waals surface area contributed by atoms with E-state index in [9.17, 15) is 4.79 Å². The number of carbonyl (C=O) groups excluding carboxylic acids is 1. The normalized spacial score (nSPS) is 19.1. The third-order valence-corrected chi connectivity index (χ3v) is 5.84. The predicted octanol–water partition coefficient (Wildman–Crippen LogP) is 5.01. The predicted molar refractivity (Wildman–Crippen MR) is 101 cm³/mol. The Bertz CT molecular complexity index is 724. The number of hydrogen-bond donors (Lipinski definition) is 1. The molecule has 0 radical (unpaired) electrons. The lowest BCUT2D eigenvalue weighted by molar-refractivity contribution is -0.0157. The number of ether oxygens (including phenoxy) is 1. The van der Waals surface area contributed by atoms with Crippen molar-refractivity contribution < 1.29 is 9.53 Å². The molecule has 4 nitrogen and oxygen atoms in total. The van der Waals surface area contributed by atoms with Crippen molar-refractivity contribution in [2.24, 2.45) is 0 Å². The molecule has 128 valence electrons. The minimum atomic E-state index is -0.103. The second-order valence-corrected chi connectivity index (χ2v) is 8.34. The van der Waals surface area contributed by atoms with E-state index in [1.165, 1.54) is 11.3 Å². The molecule has 1 saturated heterocycles. The Labute approximate surface area is 158 Å². The monoisotopic (exact) mass is 428 g/mol. The lowest BCUT2D eigenvalue weighted by Gasteiger charge is -2.34. The summed E-state index contributed by atoms with van der Waals surface area (Å²) >= 11 is 10.9. The van der Waals surface area contributed by atoms with Gasteiger partial charge in [0, 0.05) is 15.9 Å². The zero-order valence-corrected chi connectivity index (χ0v) is 16.3. The van der Waals surface area contributed by atoms with Crippen molar-refractivity contribution >= 4 is 44.9 Å². The lowest BCUT2D eigenvalue weighted by atomic mass is 10.1. The summed E-state index contributed by atoms with van der Waals surface area (Å²) in [5.41, 5.74) is 1.07. The van der Waals surface area contributed by atoms with E-state index >= 15 is 0 Å². The second kappa shape index (κ2) is 7.87. The summed E-state index contributed by atoms with van der Waals surface area (Å²) in [4.78, 5) is 15.4. The Morgan fingerprint density at radius 2 is 2.29 bits per heavy atom. The highest BCUT2D eigenvalue weighted by atomic mass is 79.9. The lowest BCUT2D eigenvalue weighted by Crippen LogP contribution is -2.47. The van der Waals surface area contributed by atoms with Crippen LogP contribution in [0.15, 0.2) is 40.9 Å². The van der Waals surface area contributed by atoms with Gasteiger partial charge >= 0.3 is 6.03 Å². The summed E-state index contributed by atoms with van der Waals surface area (Å²) in [7, 11) is 0. The number of morpholine rings is 1. The van der Waals surface area contributed by atoms with Crippen LogP contribution in [0.25, 0.3) is 0 Å². The Kier molecular flexibility index (Phi) is 5.81. The van der Waals surface area contributed by atoms with Gasteiger partial charge in [-0.25, -0.2) is 4.79 Å². The van der Waals surface area contributed by atoms with Crippen molar-refractivity contribution in [3.63, 3.8) is 0 Å². The van der Waals surface area contributed by atoms with Crippen LogP contribution in [0.4, 0.5) is 4.79 Å². The van der Waals surface area contributed by atoms with Gasteiger partial charge < -0.3 is 15.0 Å². The second-order valence-electron chi connectivity index (χ2n) is 5.67. The Hall–Kier alpha value is -1.08. The number of amides is 2. The van der Waals surface area contributed by atoms with E-state index in [4.69, 9.17) is 16.3 Å². The molecule has 3 rings (SSSR count). The molecule has 1 aliphatic heterocycles. The van der Waals surface area contributed by atoms with Crippen LogP contribution in [-0.4, -0.2) is 30.6 Å². The van der Waals surface area contributed by atoms with Crippen LogP contribution in [0.3, 0.4) is 0 Å². The van der Waals surface area contributed by atoms with Crippen molar-refractivity contribution in [1.82, 2.24) is 10.2 Å². The molecule has 0 spiro atoms. The summed E-state index contributed by atoms with van der Waals surface area (Å²) in [6.07, 6.45) is -0.103. The molecule has 0 bridgehead atoms. The number of nitrogens with one attached hydrogen (secondary N) is 1. The maximum atomic E-state index is 12.6. The first kappa shape index (κ1) is 17.7. The van der Waals surface area contributed by atoms with Crippen molar-refractivity contribution in [1.29, 1.82) is 0 Å². The van der Waals surface area contributed by atoms with Crippen LogP contribution in [0.1, 0.15) is 29.5 Å². The summed E-state index contributed by atoms with van der Waals surface area (Å²) in [5.74, 6) is 0. The van der Waals surface area contributed by atoms with E-state index in [0.717, 1.165) is 19.2 Å². The van der Waals surface area contributed by atoms with Crippen LogP contribution in [0, 0.1) is 0 Å². The quantitative estimate of drug-likeness (QED) is 0.745. The van der Waals surface area contributed by atoms with Gasteiger partial charge in [-0.1, -0.05) is 39.7 Å². The number of thiophene rings is 1. The molecular weight excluding hydrogens is 412 g/mol. The standard InChI is InChI=1S/C17H18BrClN2O2S/c1-11(15-5-6-16(19)24-15)20-17(22)21-7-8-23-14(10-21)12-3-2-4-13(18)9-12/h2-6,9,11,14H,7-8,10H2,1H3,(H,20,22). The van der Waals surface area contributed by atoms with Gasteiger partial charge in [0.05, 0.1) is 23.5 Å². The number of hydrogen-bond acceptors (Lipinski definition) is 3. The SMILES string of the molecule is CC(NC(=O)N1CCOC(c2cccc(Br)c2)C1)c1ccc(Cl)s1. The summed E-state index contributed by atoms with van der Waals surface area (Å²) in [6, 6.07) is 11.7. The Balaban J connectivity index is 1.62. The van der Waals surface area contributed by atoms with Gasteiger partial charge in [-0.05, 0) is 36.8 Å². The van der Waals surface area contributed by atoms with Crippen LogP contribution in [0.2, 0.25) is 4.34 Å². The molecule has 1 aromatic carbocycles. The summed E-state index contributed by atoms with van der Waals surface area (Å²) in [5, 5.41) is 3.04. The van der Waals surface area contributed by atoms with Gasteiger partial charge in [-0.3, -0.25) is 0 Å². The van der Waals surface area contributed by atoms with Crippen molar-refractivity contribution in [3.8, 4) is 0 Å². The first-order valence-electron chi connectivity index (χ1n) is 7.70. The number of urea groups is 1. The maximum Gasteiger partial charge on any atom is 0.318 e. The van der Waals surface area contributed by atoms with Crippen LogP contribution in [-0.2, 0) is 4.74 Å². The van der Waals surface area contributed by atoms with Gasteiger partial charge in [0.2, 0.25) is 0 Å². The molecule has 2 unspecified atom stereocenters. The topological polar surface area (TPSA) is 41.6 Å². The molecule has 7 heteroatoms. The highest BCUT2D eigenvalue weighted by Gasteiger charge is 2.26. The van der Waals surface area contributed by atoms with Crippen LogP contribution < -0.4 is 5.32 Å². The van der Waals surface area contributed by atoms with E-state index in [1.807, 2.05) is 43.3 Å². The Morgan fingerprint density at radius 3 is 3.00 bits per heavy atom. The summed E-state index contributed by atoms with van der Waals surface area (Å²) in [6.45, 7) is 3.63. The number of benzene rings is 1. The van der Waals surface area contributed by atoms with Gasteiger partial charge in [0.1, 0.15) is 6.10 Å². The molecule has 2 atom stereocenters. The number of rotatable bonds is 3. The van der Waals surface area contributed by atoms with Gasteiger partial charge in [0.15, 0.2) is 0 Å². The largest absolute Gasteiger partial charge is 0.370 e. The molecule has 2 heterocycles. The molecule has 1 fully saturated rings. The van der Waals surface area contributed by atoms with Gasteiger partial charge in [-0.15, -0.1) is 11.3 Å². The minimum Gasteiger partial charge on any atom is -0.370 e. The fourth-order valence-electron chi connectivity index (χ4n) is 2.65. The van der Waals surface area contributed by atoms with E-state index in [0.29, 0.717) is 19.7 Å². The van der Waals surface area contributed by atoms with Crippen molar-refractivity contribution in [2.75, 3.05) is 19.7 Å². The molecule has 24 heavy (non-hydrogen) atoms.